The van der Waals surface area contributed by atoms with Crippen LogP contribution in [0.15, 0.2) is 54.6 Å². The number of rotatable bonds is 4. The molecule has 0 aromatic heterocycles. The van der Waals surface area contributed by atoms with Crippen LogP contribution in [0.1, 0.15) is 31.9 Å². The van der Waals surface area contributed by atoms with Gasteiger partial charge in [-0.05, 0) is 23.1 Å². The normalized spacial score (nSPS) is 13.9. The summed E-state index contributed by atoms with van der Waals surface area (Å²) in [5.41, 5.74) is 0.563. The van der Waals surface area contributed by atoms with Gasteiger partial charge in [-0.3, -0.25) is 0 Å². The van der Waals surface area contributed by atoms with Gasteiger partial charge in [-0.1, -0.05) is 68.4 Å². The van der Waals surface area contributed by atoms with E-state index >= 15 is 0 Å². The molecule has 4 heteroatoms. The van der Waals surface area contributed by atoms with E-state index in [1.165, 1.54) is 0 Å². The number of hydrogen-bond acceptors (Lipinski definition) is 1. The number of hydrogen-bond donors (Lipinski definition) is 1. The second-order valence-electron chi connectivity index (χ2n) is 6.09. The minimum Gasteiger partial charge on any atom is -0.388 e. The first-order valence-electron chi connectivity index (χ1n) is 7.11. The van der Waals surface area contributed by atoms with Crippen LogP contribution >= 0.6 is 0 Å². The fourth-order valence-corrected chi connectivity index (χ4v) is 2.25. The third kappa shape index (κ3) is 3.69. The topological polar surface area (TPSA) is 20.2 Å². The maximum absolute atomic E-state index is 12.9. The molecule has 2 aromatic rings. The first kappa shape index (κ1) is 16.6. The summed E-state index contributed by atoms with van der Waals surface area (Å²) in [5, 5.41) is 10.1. The highest BCUT2D eigenvalue weighted by Gasteiger charge is 2.48. The minimum absolute atomic E-state index is 0.360. The summed E-state index contributed by atoms with van der Waals surface area (Å²) in [6.45, 7) is 2.21. The molecule has 2 aromatic carbocycles. The molecule has 118 valence electrons. The summed E-state index contributed by atoms with van der Waals surface area (Å²) in [5.74, 6) is 0. The summed E-state index contributed by atoms with van der Waals surface area (Å²) in [4.78, 5) is 0. The molecule has 0 saturated heterocycles. The van der Waals surface area contributed by atoms with Crippen molar-refractivity contribution >= 4 is 0 Å². The third-order valence-corrected chi connectivity index (χ3v) is 3.87. The van der Waals surface area contributed by atoms with E-state index in [1.54, 1.807) is 12.1 Å². The van der Waals surface area contributed by atoms with Crippen LogP contribution in [0, 0.1) is 5.41 Å². The number of aliphatic hydroxyl groups is 1. The second-order valence-corrected chi connectivity index (χ2v) is 6.09. The van der Waals surface area contributed by atoms with Gasteiger partial charge in [-0.25, -0.2) is 0 Å². The minimum atomic E-state index is -4.34. The Morgan fingerprint density at radius 3 is 1.86 bits per heavy atom. The van der Waals surface area contributed by atoms with Gasteiger partial charge in [0, 0.05) is 0 Å². The van der Waals surface area contributed by atoms with Gasteiger partial charge >= 0.3 is 6.18 Å². The Kier molecular flexibility index (Phi) is 4.61. The smallest absolute Gasteiger partial charge is 0.388 e. The quantitative estimate of drug-likeness (QED) is 0.805. The summed E-state index contributed by atoms with van der Waals surface area (Å²) in [6.07, 6.45) is -5.83. The average molecular weight is 308 g/mol. The molecular weight excluding hydrogens is 289 g/mol. The van der Waals surface area contributed by atoms with E-state index in [4.69, 9.17) is 0 Å². The Morgan fingerprint density at radius 2 is 1.36 bits per heavy atom. The van der Waals surface area contributed by atoms with Gasteiger partial charge in [0.2, 0.25) is 0 Å². The monoisotopic (exact) mass is 308 g/mol. The molecule has 0 spiro atoms. The van der Waals surface area contributed by atoms with Crippen molar-refractivity contribution in [1.29, 1.82) is 0 Å². The van der Waals surface area contributed by atoms with E-state index in [2.05, 4.69) is 0 Å². The zero-order valence-corrected chi connectivity index (χ0v) is 12.6. The maximum Gasteiger partial charge on any atom is 0.394 e. The highest BCUT2D eigenvalue weighted by Crippen LogP contribution is 2.43. The van der Waals surface area contributed by atoms with Gasteiger partial charge < -0.3 is 5.11 Å². The number of alkyl halides is 3. The molecule has 1 N–H and O–H groups in total. The Bertz CT molecular complexity index is 600. The molecule has 0 radical (unpaired) electrons. The summed E-state index contributed by atoms with van der Waals surface area (Å²) in [7, 11) is 0. The van der Waals surface area contributed by atoms with E-state index in [1.807, 2.05) is 42.5 Å². The highest BCUT2D eigenvalue weighted by molar-refractivity contribution is 5.63. The van der Waals surface area contributed by atoms with E-state index in [-0.39, 0.29) is 6.42 Å². The predicted molar refractivity (Wildman–Crippen MR) is 81.3 cm³/mol. The summed E-state index contributed by atoms with van der Waals surface area (Å²) < 4.78 is 38.7. The van der Waals surface area contributed by atoms with Gasteiger partial charge in [0.05, 0.1) is 11.5 Å². The van der Waals surface area contributed by atoms with Gasteiger partial charge in [0.1, 0.15) is 0 Å². The van der Waals surface area contributed by atoms with Crippen molar-refractivity contribution in [3.8, 4) is 11.1 Å². The lowest BCUT2D eigenvalue weighted by molar-refractivity contribution is -0.220. The molecule has 0 aliphatic heterocycles. The van der Waals surface area contributed by atoms with Crippen molar-refractivity contribution < 1.29 is 18.3 Å². The summed E-state index contributed by atoms with van der Waals surface area (Å²) >= 11 is 0. The molecule has 0 heterocycles. The lowest BCUT2D eigenvalue weighted by Gasteiger charge is -2.30. The molecule has 0 aliphatic rings. The van der Waals surface area contributed by atoms with E-state index in [0.717, 1.165) is 25.0 Å². The van der Waals surface area contributed by atoms with Gasteiger partial charge in [0.25, 0.3) is 0 Å². The van der Waals surface area contributed by atoms with Crippen LogP contribution in [0.3, 0.4) is 0 Å². The molecule has 0 saturated carbocycles. The average Bonchev–Trinajstić information content (AvgIpc) is 2.47. The number of aliphatic hydroxyl groups excluding tert-OH is 1. The van der Waals surface area contributed by atoms with Crippen LogP contribution in [-0.4, -0.2) is 11.3 Å². The first-order chi connectivity index (χ1) is 10.2. The molecule has 0 aliphatic carbocycles. The molecule has 1 unspecified atom stereocenters. The molecule has 2 rings (SSSR count). The van der Waals surface area contributed by atoms with Crippen LogP contribution in [0.25, 0.3) is 11.1 Å². The lowest BCUT2D eigenvalue weighted by Crippen LogP contribution is -2.33. The molecule has 0 fully saturated rings. The van der Waals surface area contributed by atoms with Crippen LogP contribution < -0.4 is 0 Å². The van der Waals surface area contributed by atoms with Gasteiger partial charge in [-0.2, -0.15) is 13.2 Å². The van der Waals surface area contributed by atoms with E-state index in [9.17, 15) is 18.3 Å². The molecule has 22 heavy (non-hydrogen) atoms. The lowest BCUT2D eigenvalue weighted by atomic mass is 9.84. The van der Waals surface area contributed by atoms with Crippen LogP contribution in [0.5, 0.6) is 0 Å². The van der Waals surface area contributed by atoms with Crippen molar-refractivity contribution in [3.05, 3.63) is 60.2 Å². The zero-order valence-electron chi connectivity index (χ0n) is 12.6. The third-order valence-electron chi connectivity index (χ3n) is 3.87. The zero-order chi connectivity index (χ0) is 16.4. The number of halogens is 3. The van der Waals surface area contributed by atoms with Crippen molar-refractivity contribution in [2.75, 3.05) is 0 Å². The fourth-order valence-electron chi connectivity index (χ4n) is 2.25. The summed E-state index contributed by atoms with van der Waals surface area (Å²) in [6, 6.07) is 16.7. The molecule has 1 atom stereocenters. The molecule has 0 bridgehead atoms. The van der Waals surface area contributed by atoms with E-state index in [0.29, 0.717) is 5.56 Å². The first-order valence-corrected chi connectivity index (χ1v) is 7.11. The predicted octanol–water partition coefficient (Wildman–Crippen LogP) is 5.37. The van der Waals surface area contributed by atoms with Crippen LogP contribution in [0.4, 0.5) is 13.2 Å². The Hall–Kier alpha value is -1.81. The Morgan fingerprint density at radius 1 is 0.864 bits per heavy atom. The molecule has 0 amide bonds. The fraction of sp³-hybridized carbons (Fsp3) is 0.333. The SMILES string of the molecule is CC(C)(CC(O)c1ccc(-c2ccccc2)cc1)C(F)(F)F. The van der Waals surface area contributed by atoms with Crippen molar-refractivity contribution in [3.63, 3.8) is 0 Å². The van der Waals surface area contributed by atoms with Crippen LogP contribution in [-0.2, 0) is 0 Å². The molecule has 1 nitrogen and oxygen atoms in total. The Labute approximate surface area is 128 Å². The second kappa shape index (κ2) is 6.13. The van der Waals surface area contributed by atoms with Gasteiger partial charge in [0.15, 0.2) is 0 Å². The maximum atomic E-state index is 12.9. The van der Waals surface area contributed by atoms with Crippen molar-refractivity contribution in [1.82, 2.24) is 0 Å². The van der Waals surface area contributed by atoms with Gasteiger partial charge in [-0.15, -0.1) is 0 Å². The number of benzene rings is 2. The largest absolute Gasteiger partial charge is 0.394 e. The van der Waals surface area contributed by atoms with Crippen molar-refractivity contribution in [2.24, 2.45) is 5.41 Å². The Balaban J connectivity index is 2.14. The highest BCUT2D eigenvalue weighted by atomic mass is 19.4. The van der Waals surface area contributed by atoms with Crippen molar-refractivity contribution in [2.45, 2.75) is 32.5 Å². The molecular formula is C18H19F3O. The van der Waals surface area contributed by atoms with Crippen LogP contribution in [0.2, 0.25) is 0 Å². The van der Waals surface area contributed by atoms with E-state index < -0.39 is 17.7 Å². The standard InChI is InChI=1S/C18H19F3O/c1-17(2,18(19,20)21)12-16(22)15-10-8-14(9-11-15)13-6-4-3-5-7-13/h3-11,16,22H,12H2,1-2H3.